The molecule has 1 fully saturated rings. The molecule has 4 rings (SSSR count). The molecule has 8 nitrogen and oxygen atoms in total. The molecule has 10 heteroatoms. The normalized spacial score (nSPS) is 16.3. The second-order valence-electron chi connectivity index (χ2n) is 5.68. The molecule has 0 unspecified atom stereocenters. The number of aromatic nitrogens is 1. The van der Waals surface area contributed by atoms with E-state index in [1.807, 2.05) is 0 Å². The van der Waals surface area contributed by atoms with Gasteiger partial charge in [-0.2, -0.15) is 0 Å². The molecule has 1 saturated heterocycles. The van der Waals surface area contributed by atoms with Crippen molar-refractivity contribution in [3.63, 3.8) is 0 Å². The summed E-state index contributed by atoms with van der Waals surface area (Å²) in [6.45, 7) is 0. The molecule has 3 aromatic rings. The molecule has 1 aromatic carbocycles. The molecular weight excluding hydrogens is 390 g/mol. The zero-order valence-corrected chi connectivity index (χ0v) is 15.1. The van der Waals surface area contributed by atoms with E-state index < -0.39 is 21.2 Å². The molecule has 2 aromatic heterocycles. The van der Waals surface area contributed by atoms with Gasteiger partial charge in [0.05, 0.1) is 9.80 Å². The van der Waals surface area contributed by atoms with Crippen LogP contribution < -0.4 is 10.5 Å². The maximum absolute atomic E-state index is 11.7. The maximum atomic E-state index is 11.7. The Morgan fingerprint density at radius 1 is 1.15 bits per heavy atom. The summed E-state index contributed by atoms with van der Waals surface area (Å²) in [5, 5.41) is 7.56. The van der Waals surface area contributed by atoms with Crippen LogP contribution in [0.4, 0.5) is 4.79 Å². The van der Waals surface area contributed by atoms with Crippen molar-refractivity contribution in [2.75, 3.05) is 0 Å². The molecule has 1 aliphatic rings. The third-order valence-electron chi connectivity index (χ3n) is 3.85. The van der Waals surface area contributed by atoms with Crippen molar-refractivity contribution in [3.8, 4) is 11.1 Å². The van der Waals surface area contributed by atoms with Gasteiger partial charge in [-0.3, -0.25) is 19.9 Å². The van der Waals surface area contributed by atoms with E-state index in [-0.39, 0.29) is 9.80 Å². The summed E-state index contributed by atoms with van der Waals surface area (Å²) >= 11 is 0.800. The first kappa shape index (κ1) is 17.5. The Kier molecular flexibility index (Phi) is 4.10. The summed E-state index contributed by atoms with van der Waals surface area (Å²) in [5.41, 5.74) is 1.87. The molecule has 27 heavy (non-hydrogen) atoms. The summed E-state index contributed by atoms with van der Waals surface area (Å²) < 4.78 is 28.6. The fraction of sp³-hybridized carbons (Fsp3) is 0. The molecule has 3 N–H and O–H groups in total. The van der Waals surface area contributed by atoms with Crippen LogP contribution in [0.15, 0.2) is 56.9 Å². The molecule has 0 spiro atoms. The van der Waals surface area contributed by atoms with Crippen LogP contribution in [-0.4, -0.2) is 24.5 Å². The first-order valence-corrected chi connectivity index (χ1v) is 9.93. The van der Waals surface area contributed by atoms with Gasteiger partial charge in [0, 0.05) is 29.4 Å². The number of imide groups is 1. The quantitative estimate of drug-likeness (QED) is 0.644. The van der Waals surface area contributed by atoms with Crippen molar-refractivity contribution in [2.45, 2.75) is 4.90 Å². The Hall–Kier alpha value is -2.95. The van der Waals surface area contributed by atoms with Gasteiger partial charge in [0.15, 0.2) is 0 Å². The van der Waals surface area contributed by atoms with Crippen molar-refractivity contribution >= 4 is 50.0 Å². The second kappa shape index (κ2) is 6.34. The number of hydrogen-bond donors (Lipinski definition) is 2. The van der Waals surface area contributed by atoms with Crippen LogP contribution in [-0.2, 0) is 14.8 Å². The van der Waals surface area contributed by atoms with Crippen molar-refractivity contribution < 1.29 is 22.4 Å². The zero-order chi connectivity index (χ0) is 19.2. The second-order valence-corrected chi connectivity index (χ2v) is 8.25. The fourth-order valence-corrected chi connectivity index (χ4v) is 3.81. The van der Waals surface area contributed by atoms with Gasteiger partial charge >= 0.3 is 0 Å². The topological polar surface area (TPSA) is 132 Å². The average Bonchev–Trinajstić information content (AvgIpc) is 3.16. The van der Waals surface area contributed by atoms with Gasteiger partial charge in [-0.1, -0.05) is 12.1 Å². The predicted molar refractivity (Wildman–Crippen MR) is 99.9 cm³/mol. The lowest BCUT2D eigenvalue weighted by atomic mass is 10.1. The van der Waals surface area contributed by atoms with Gasteiger partial charge in [-0.05, 0) is 35.5 Å². The molecule has 0 aliphatic carbocycles. The predicted octanol–water partition coefficient (Wildman–Crippen LogP) is 2.47. The number of primary sulfonamides is 1. The molecule has 1 aliphatic heterocycles. The number of furan rings is 1. The number of carbonyl (C=O) groups is 2. The Bertz CT molecular complexity index is 1230. The van der Waals surface area contributed by atoms with E-state index >= 15 is 0 Å². The third-order valence-corrected chi connectivity index (χ3v) is 5.59. The molecule has 2 amide bonds. The number of hydrogen-bond acceptors (Lipinski definition) is 7. The lowest BCUT2D eigenvalue weighted by Crippen LogP contribution is -2.17. The van der Waals surface area contributed by atoms with Gasteiger partial charge in [0.2, 0.25) is 10.0 Å². The van der Waals surface area contributed by atoms with Crippen LogP contribution in [0.2, 0.25) is 0 Å². The van der Waals surface area contributed by atoms with E-state index in [9.17, 15) is 18.0 Å². The van der Waals surface area contributed by atoms with Crippen molar-refractivity contribution in [3.05, 3.63) is 53.4 Å². The monoisotopic (exact) mass is 401 g/mol. The molecule has 0 radical (unpaired) electrons. The van der Waals surface area contributed by atoms with Crippen LogP contribution in [0.5, 0.6) is 0 Å². The number of thioether (sulfide) groups is 1. The van der Waals surface area contributed by atoms with Gasteiger partial charge < -0.3 is 4.42 Å². The van der Waals surface area contributed by atoms with Gasteiger partial charge in [0.1, 0.15) is 11.3 Å². The van der Waals surface area contributed by atoms with E-state index in [0.29, 0.717) is 27.9 Å². The van der Waals surface area contributed by atoms with E-state index in [1.54, 1.807) is 30.6 Å². The SMILES string of the molecule is NS(=O)(=O)c1ccc(-c2cncc3cc(C=C4SC(=O)NC4=O)oc23)cc1. The standard InChI is InChI=1S/C17H11N3O5S2/c18-27(23,24)12-3-1-9(2-4-12)13-8-19-7-10-5-11(25-15(10)13)6-14-16(21)20-17(22)26-14/h1-8H,(H2,18,23,24)(H,20,21,22). The number of carbonyl (C=O) groups excluding carboxylic acids is 2. The minimum atomic E-state index is -3.78. The smallest absolute Gasteiger partial charge is 0.290 e. The number of benzene rings is 1. The molecule has 0 atom stereocenters. The summed E-state index contributed by atoms with van der Waals surface area (Å²) in [4.78, 5) is 27.3. The summed E-state index contributed by atoms with van der Waals surface area (Å²) in [6, 6.07) is 7.72. The van der Waals surface area contributed by atoms with E-state index in [4.69, 9.17) is 9.56 Å². The number of nitrogens with two attached hydrogens (primary N) is 1. The van der Waals surface area contributed by atoms with Crippen molar-refractivity contribution in [2.24, 2.45) is 5.14 Å². The minimum Gasteiger partial charge on any atom is -0.456 e. The lowest BCUT2D eigenvalue weighted by molar-refractivity contribution is -0.115. The van der Waals surface area contributed by atoms with Crippen LogP contribution in [0.25, 0.3) is 28.2 Å². The number of nitrogens with zero attached hydrogens (tertiary/aromatic N) is 1. The highest BCUT2D eigenvalue weighted by Gasteiger charge is 2.25. The lowest BCUT2D eigenvalue weighted by Gasteiger charge is -2.03. The average molecular weight is 401 g/mol. The maximum Gasteiger partial charge on any atom is 0.290 e. The Balaban J connectivity index is 1.77. The van der Waals surface area contributed by atoms with E-state index in [2.05, 4.69) is 10.3 Å². The first-order chi connectivity index (χ1) is 12.8. The molecule has 0 bridgehead atoms. The van der Waals surface area contributed by atoms with Gasteiger partial charge in [-0.25, -0.2) is 13.6 Å². The first-order valence-electron chi connectivity index (χ1n) is 7.57. The highest BCUT2D eigenvalue weighted by molar-refractivity contribution is 8.18. The number of sulfonamides is 1. The third kappa shape index (κ3) is 3.37. The highest BCUT2D eigenvalue weighted by atomic mass is 32.2. The number of fused-ring (bicyclic) bond motifs is 1. The Morgan fingerprint density at radius 2 is 1.89 bits per heavy atom. The Morgan fingerprint density at radius 3 is 2.52 bits per heavy atom. The van der Waals surface area contributed by atoms with Crippen LogP contribution >= 0.6 is 11.8 Å². The van der Waals surface area contributed by atoms with Crippen molar-refractivity contribution in [1.29, 1.82) is 0 Å². The fourth-order valence-electron chi connectivity index (χ4n) is 2.63. The number of rotatable bonds is 3. The minimum absolute atomic E-state index is 0.00480. The Labute approximate surface area is 157 Å². The van der Waals surface area contributed by atoms with E-state index in [0.717, 1.165) is 11.8 Å². The summed E-state index contributed by atoms with van der Waals surface area (Å²) in [5.74, 6) is -0.0739. The van der Waals surface area contributed by atoms with E-state index in [1.165, 1.54) is 18.2 Å². The number of pyridine rings is 1. The molecule has 0 saturated carbocycles. The molecular formula is C17H11N3O5S2. The van der Waals surface area contributed by atoms with Crippen LogP contribution in [0.3, 0.4) is 0 Å². The van der Waals surface area contributed by atoms with Gasteiger partial charge in [0.25, 0.3) is 11.1 Å². The largest absolute Gasteiger partial charge is 0.456 e. The van der Waals surface area contributed by atoms with Crippen LogP contribution in [0, 0.1) is 0 Å². The van der Waals surface area contributed by atoms with Crippen molar-refractivity contribution in [1.82, 2.24) is 10.3 Å². The molecule has 3 heterocycles. The van der Waals surface area contributed by atoms with Crippen LogP contribution in [0.1, 0.15) is 5.76 Å². The summed E-state index contributed by atoms with van der Waals surface area (Å²) in [7, 11) is -3.78. The molecule has 136 valence electrons. The zero-order valence-electron chi connectivity index (χ0n) is 13.5. The summed E-state index contributed by atoms with van der Waals surface area (Å²) in [6.07, 6.45) is 4.68. The number of amides is 2. The highest BCUT2D eigenvalue weighted by Crippen LogP contribution is 2.33. The number of nitrogens with one attached hydrogen (secondary N) is 1. The van der Waals surface area contributed by atoms with Gasteiger partial charge in [-0.15, -0.1) is 0 Å².